The van der Waals surface area contributed by atoms with Crippen molar-refractivity contribution >= 4 is 40.6 Å². The molecule has 0 atom stereocenters. The van der Waals surface area contributed by atoms with Gasteiger partial charge in [-0.2, -0.15) is 5.10 Å². The number of piperazine rings is 1. The molecule has 0 aliphatic carbocycles. The number of aryl methyl sites for hydroxylation is 1. The minimum atomic E-state index is -0.299. The Labute approximate surface area is 184 Å². The van der Waals surface area contributed by atoms with Gasteiger partial charge in [0.25, 0.3) is 6.47 Å². The molecule has 2 amide bonds. The predicted molar refractivity (Wildman–Crippen MR) is 120 cm³/mol. The Balaban J connectivity index is 0.000000775. The summed E-state index contributed by atoms with van der Waals surface area (Å²) in [5.74, 6) is 0.687. The maximum absolute atomic E-state index is 13.0. The number of amides is 2. The molecule has 0 spiro atoms. The fourth-order valence-electron chi connectivity index (χ4n) is 4.14. The molecule has 2 aliphatic heterocycles. The Bertz CT molecular complexity index is 1140. The SMILES string of the molecule is Cn1cc2cc(NC(=O)N3CCc4c(N5CCNCC5)ccnc43)c(O)cc2n1.O=CO. The van der Waals surface area contributed by atoms with E-state index in [2.05, 4.69) is 25.6 Å². The van der Waals surface area contributed by atoms with Crippen molar-refractivity contribution in [3.8, 4) is 5.75 Å². The van der Waals surface area contributed by atoms with E-state index < -0.39 is 0 Å². The van der Waals surface area contributed by atoms with E-state index in [1.807, 2.05) is 19.3 Å². The summed E-state index contributed by atoms with van der Waals surface area (Å²) >= 11 is 0. The molecule has 11 heteroatoms. The number of carbonyl (C=O) groups excluding carboxylic acids is 1. The molecule has 2 aromatic heterocycles. The first kappa shape index (κ1) is 21.4. The average Bonchev–Trinajstić information content (AvgIpc) is 3.37. The van der Waals surface area contributed by atoms with Gasteiger partial charge >= 0.3 is 6.03 Å². The Morgan fingerprint density at radius 3 is 2.75 bits per heavy atom. The molecule has 3 aromatic rings. The standard InChI is InChI=1S/C20H23N7O2.CH2O2/c1-25-12-13-10-16(18(28)11-15(13)24-25)23-20(29)27-7-3-14-17(2-4-22-19(14)27)26-8-5-21-6-9-26;2-1-3/h2,4,10-12,21,28H,3,5-9H2,1H3,(H,23,29);1H,(H,2,3). The van der Waals surface area contributed by atoms with Crippen molar-refractivity contribution in [3.05, 3.63) is 36.2 Å². The number of anilines is 3. The molecule has 0 unspecified atom stereocenters. The lowest BCUT2D eigenvalue weighted by molar-refractivity contribution is -0.122. The number of pyridine rings is 1. The third-order valence-electron chi connectivity index (χ3n) is 5.53. The number of fused-ring (bicyclic) bond motifs is 2. The molecule has 32 heavy (non-hydrogen) atoms. The van der Waals surface area contributed by atoms with Crippen molar-refractivity contribution in [1.82, 2.24) is 20.1 Å². The molecule has 0 bridgehead atoms. The lowest BCUT2D eigenvalue weighted by Crippen LogP contribution is -2.43. The Kier molecular flexibility index (Phi) is 6.08. The smallest absolute Gasteiger partial charge is 0.327 e. The molecule has 0 saturated carbocycles. The van der Waals surface area contributed by atoms with Crippen molar-refractivity contribution in [2.75, 3.05) is 47.8 Å². The van der Waals surface area contributed by atoms with Crippen molar-refractivity contribution in [2.24, 2.45) is 7.05 Å². The third-order valence-corrected chi connectivity index (χ3v) is 5.53. The topological polar surface area (TPSA) is 136 Å². The van der Waals surface area contributed by atoms with Crippen molar-refractivity contribution in [1.29, 1.82) is 0 Å². The van der Waals surface area contributed by atoms with Gasteiger partial charge in [0.15, 0.2) is 0 Å². The van der Waals surface area contributed by atoms with Gasteiger partial charge in [-0.25, -0.2) is 9.78 Å². The van der Waals surface area contributed by atoms with Gasteiger partial charge in [0.2, 0.25) is 0 Å². The highest BCUT2D eigenvalue weighted by atomic mass is 16.3. The minimum absolute atomic E-state index is 0.00787. The number of aromatic nitrogens is 3. The summed E-state index contributed by atoms with van der Waals surface area (Å²) in [5.41, 5.74) is 3.31. The average molecular weight is 439 g/mol. The van der Waals surface area contributed by atoms with Crippen LogP contribution in [0.15, 0.2) is 30.6 Å². The Morgan fingerprint density at radius 1 is 1.25 bits per heavy atom. The summed E-state index contributed by atoms with van der Waals surface area (Å²) in [6.07, 6.45) is 4.38. The highest BCUT2D eigenvalue weighted by Crippen LogP contribution is 2.35. The first-order valence-electron chi connectivity index (χ1n) is 10.3. The molecule has 0 radical (unpaired) electrons. The molecule has 168 valence electrons. The fraction of sp³-hybridized carbons (Fsp3) is 0.333. The van der Waals surface area contributed by atoms with E-state index in [4.69, 9.17) is 9.90 Å². The van der Waals surface area contributed by atoms with Crippen LogP contribution < -0.4 is 20.4 Å². The van der Waals surface area contributed by atoms with Gasteiger partial charge in [-0.3, -0.25) is 14.4 Å². The van der Waals surface area contributed by atoms with Gasteiger partial charge in [-0.05, 0) is 18.6 Å². The zero-order valence-corrected chi connectivity index (χ0v) is 17.7. The van der Waals surface area contributed by atoms with Crippen molar-refractivity contribution < 1.29 is 19.8 Å². The number of nitrogens with one attached hydrogen (secondary N) is 2. The van der Waals surface area contributed by atoms with Crippen LogP contribution in [0.3, 0.4) is 0 Å². The van der Waals surface area contributed by atoms with Crippen LogP contribution in [0.4, 0.5) is 22.0 Å². The summed E-state index contributed by atoms with van der Waals surface area (Å²) in [4.78, 5) is 29.8. The summed E-state index contributed by atoms with van der Waals surface area (Å²) in [5, 5.41) is 28.5. The van der Waals surface area contributed by atoms with Gasteiger partial charge in [-0.1, -0.05) is 0 Å². The molecule has 1 saturated heterocycles. The van der Waals surface area contributed by atoms with Crippen LogP contribution in [0.2, 0.25) is 0 Å². The van der Waals surface area contributed by atoms with Gasteiger partial charge in [0.05, 0.1) is 11.2 Å². The number of hydrogen-bond acceptors (Lipinski definition) is 7. The number of hydrogen-bond donors (Lipinski definition) is 4. The summed E-state index contributed by atoms with van der Waals surface area (Å²) in [6, 6.07) is 5.03. The van der Waals surface area contributed by atoms with E-state index >= 15 is 0 Å². The van der Waals surface area contributed by atoms with Gasteiger partial charge < -0.3 is 25.7 Å². The number of benzene rings is 1. The lowest BCUT2D eigenvalue weighted by atomic mass is 10.1. The number of phenols is 1. The molecule has 5 rings (SSSR count). The Hall–Kier alpha value is -3.86. The maximum atomic E-state index is 13.0. The third kappa shape index (κ3) is 4.14. The summed E-state index contributed by atoms with van der Waals surface area (Å²) in [6.45, 7) is 4.12. The van der Waals surface area contributed by atoms with E-state index in [0.717, 1.165) is 49.2 Å². The summed E-state index contributed by atoms with van der Waals surface area (Å²) < 4.78 is 1.67. The van der Waals surface area contributed by atoms with E-state index in [1.165, 1.54) is 0 Å². The van der Waals surface area contributed by atoms with Gasteiger partial charge in [0, 0.05) is 74.9 Å². The van der Waals surface area contributed by atoms with Crippen LogP contribution in [-0.2, 0) is 18.3 Å². The van der Waals surface area contributed by atoms with Gasteiger partial charge in [-0.15, -0.1) is 0 Å². The summed E-state index contributed by atoms with van der Waals surface area (Å²) in [7, 11) is 1.82. The van der Waals surface area contributed by atoms with Crippen molar-refractivity contribution in [2.45, 2.75) is 6.42 Å². The van der Waals surface area contributed by atoms with Crippen LogP contribution in [0.25, 0.3) is 10.9 Å². The quantitative estimate of drug-likeness (QED) is 0.347. The molecular formula is C21H25N7O4. The second-order valence-corrected chi connectivity index (χ2v) is 7.54. The van der Waals surface area contributed by atoms with Crippen LogP contribution in [0, 0.1) is 0 Å². The number of urea groups is 1. The van der Waals surface area contributed by atoms with E-state index in [0.29, 0.717) is 23.6 Å². The second-order valence-electron chi connectivity index (χ2n) is 7.54. The first-order valence-corrected chi connectivity index (χ1v) is 10.3. The largest absolute Gasteiger partial charge is 0.506 e. The molecule has 11 nitrogen and oxygen atoms in total. The normalized spacial score (nSPS) is 15.2. The second kappa shape index (κ2) is 9.10. The monoisotopic (exact) mass is 439 g/mol. The molecule has 4 N–H and O–H groups in total. The zero-order chi connectivity index (χ0) is 22.7. The number of rotatable bonds is 2. The molecule has 4 heterocycles. The Morgan fingerprint density at radius 2 is 2.00 bits per heavy atom. The number of carbonyl (C=O) groups is 2. The van der Waals surface area contributed by atoms with E-state index in [-0.39, 0.29) is 18.3 Å². The highest BCUT2D eigenvalue weighted by Gasteiger charge is 2.30. The maximum Gasteiger partial charge on any atom is 0.327 e. The molecular weight excluding hydrogens is 414 g/mol. The van der Waals surface area contributed by atoms with Crippen LogP contribution in [-0.4, -0.2) is 70.2 Å². The minimum Gasteiger partial charge on any atom is -0.506 e. The number of carboxylic acid groups (broad SMARTS) is 1. The van der Waals surface area contributed by atoms with Crippen LogP contribution in [0.5, 0.6) is 5.75 Å². The number of aromatic hydroxyl groups is 1. The van der Waals surface area contributed by atoms with Crippen LogP contribution >= 0.6 is 0 Å². The molecule has 1 fully saturated rings. The van der Waals surface area contributed by atoms with E-state index in [9.17, 15) is 9.90 Å². The van der Waals surface area contributed by atoms with Crippen molar-refractivity contribution in [3.63, 3.8) is 0 Å². The number of phenolic OH excluding ortho intramolecular Hbond substituents is 1. The molecule has 1 aromatic carbocycles. The first-order chi connectivity index (χ1) is 15.5. The highest BCUT2D eigenvalue weighted by molar-refractivity contribution is 6.04. The fourth-order valence-corrected chi connectivity index (χ4v) is 4.14. The number of nitrogens with zero attached hydrogens (tertiary/aromatic N) is 5. The van der Waals surface area contributed by atoms with Gasteiger partial charge in [0.1, 0.15) is 11.6 Å². The zero-order valence-electron chi connectivity index (χ0n) is 17.7. The predicted octanol–water partition coefficient (Wildman–Crippen LogP) is 1.38. The van der Waals surface area contributed by atoms with Crippen LogP contribution in [0.1, 0.15) is 5.56 Å². The molecule has 2 aliphatic rings. The van der Waals surface area contributed by atoms with E-state index in [1.54, 1.807) is 27.9 Å². The lowest BCUT2D eigenvalue weighted by Gasteiger charge is -2.31.